The molecule has 42 heavy (non-hydrogen) atoms. The lowest BCUT2D eigenvalue weighted by Crippen LogP contribution is -2.35. The number of amides is 2. The second-order valence-electron chi connectivity index (χ2n) is 11.6. The number of benzene rings is 3. The zero-order chi connectivity index (χ0) is 28.7. The Bertz CT molecular complexity index is 1670. The molecule has 1 aliphatic heterocycles. The minimum absolute atomic E-state index is 0.00472. The van der Waals surface area contributed by atoms with E-state index in [1.54, 1.807) is 42.6 Å². The standard InChI is InChI=1S/C33H31FN4O4/c34-26-18-22(37-31(40)33(15-16-33)30(39)36-21-4-2-1-3-5-21)6-9-29(26)42-28-11-17-35-27-19-24(7-8-25(27)28)41-20-23-10-12-32(38-23)13-14-32/h1-9,11,17-19,23,38H,10,12-16,20H2,(H,36,39)(H,37,40). The molecule has 3 N–H and O–H groups in total. The van der Waals surface area contributed by atoms with E-state index in [1.165, 1.54) is 31.4 Å². The summed E-state index contributed by atoms with van der Waals surface area (Å²) in [6, 6.07) is 20.8. The largest absolute Gasteiger partial charge is 0.492 e. The lowest BCUT2D eigenvalue weighted by atomic mass is 10.0. The molecule has 1 unspecified atom stereocenters. The van der Waals surface area contributed by atoms with E-state index in [9.17, 15) is 9.59 Å². The Balaban J connectivity index is 0.998. The quantitative estimate of drug-likeness (QED) is 0.209. The maximum atomic E-state index is 15.1. The summed E-state index contributed by atoms with van der Waals surface area (Å²) in [6.45, 7) is 0.608. The minimum Gasteiger partial charge on any atom is -0.492 e. The number of aromatic nitrogens is 1. The van der Waals surface area contributed by atoms with Gasteiger partial charge in [0.05, 0.1) is 5.52 Å². The smallest absolute Gasteiger partial charge is 0.240 e. The maximum Gasteiger partial charge on any atom is 0.240 e. The average Bonchev–Trinajstić information content (AvgIpc) is 3.91. The number of hydrogen-bond donors (Lipinski definition) is 3. The number of para-hydroxylation sites is 1. The number of carbonyl (C=O) groups is 2. The number of halogens is 1. The second kappa shape index (κ2) is 10.4. The first-order valence-corrected chi connectivity index (χ1v) is 14.4. The molecule has 7 rings (SSSR count). The van der Waals surface area contributed by atoms with Gasteiger partial charge in [0.15, 0.2) is 11.6 Å². The molecule has 3 fully saturated rings. The van der Waals surface area contributed by atoms with Gasteiger partial charge in [-0.05, 0) is 81.0 Å². The normalized spacial score (nSPS) is 19.3. The first-order valence-electron chi connectivity index (χ1n) is 14.4. The molecule has 1 aromatic heterocycles. The molecule has 0 bridgehead atoms. The van der Waals surface area contributed by atoms with Gasteiger partial charge < -0.3 is 25.4 Å². The molecule has 3 aliphatic rings. The number of rotatable bonds is 9. The van der Waals surface area contributed by atoms with Crippen molar-refractivity contribution in [1.82, 2.24) is 10.3 Å². The Morgan fingerprint density at radius 3 is 2.38 bits per heavy atom. The van der Waals surface area contributed by atoms with Gasteiger partial charge >= 0.3 is 0 Å². The summed E-state index contributed by atoms with van der Waals surface area (Å²) < 4.78 is 27.1. The summed E-state index contributed by atoms with van der Waals surface area (Å²) in [5, 5.41) is 9.90. The fourth-order valence-corrected chi connectivity index (χ4v) is 5.66. The van der Waals surface area contributed by atoms with Crippen LogP contribution in [0.3, 0.4) is 0 Å². The SMILES string of the molecule is O=C(Nc1ccccc1)C1(C(=O)Nc2ccc(Oc3ccnc4cc(OCC5CCC6(CC6)N5)ccc34)c(F)c2)CC1. The molecule has 2 heterocycles. The van der Waals surface area contributed by atoms with Crippen molar-refractivity contribution in [1.29, 1.82) is 0 Å². The van der Waals surface area contributed by atoms with Crippen molar-refractivity contribution in [3.63, 3.8) is 0 Å². The van der Waals surface area contributed by atoms with Crippen molar-refractivity contribution in [2.24, 2.45) is 5.41 Å². The molecule has 1 spiro atoms. The Hall–Kier alpha value is -4.50. The topological polar surface area (TPSA) is 102 Å². The first-order chi connectivity index (χ1) is 20.4. The van der Waals surface area contributed by atoms with Crippen LogP contribution in [0.5, 0.6) is 17.2 Å². The van der Waals surface area contributed by atoms with E-state index in [1.807, 2.05) is 24.3 Å². The molecule has 1 saturated heterocycles. The van der Waals surface area contributed by atoms with E-state index in [-0.39, 0.29) is 17.3 Å². The molecule has 8 nitrogen and oxygen atoms in total. The van der Waals surface area contributed by atoms with E-state index in [2.05, 4.69) is 20.9 Å². The predicted molar refractivity (Wildman–Crippen MR) is 157 cm³/mol. The van der Waals surface area contributed by atoms with Crippen LogP contribution in [-0.2, 0) is 9.59 Å². The zero-order valence-corrected chi connectivity index (χ0v) is 23.0. The van der Waals surface area contributed by atoms with Crippen LogP contribution in [0.4, 0.5) is 15.8 Å². The van der Waals surface area contributed by atoms with Crippen LogP contribution in [0.1, 0.15) is 38.5 Å². The van der Waals surface area contributed by atoms with Gasteiger partial charge in [0.25, 0.3) is 0 Å². The molecule has 2 saturated carbocycles. The molecule has 4 aromatic rings. The third kappa shape index (κ3) is 5.27. The molecule has 9 heteroatoms. The van der Waals surface area contributed by atoms with Gasteiger partial charge in [-0.15, -0.1) is 0 Å². The Labute approximate surface area is 242 Å². The summed E-state index contributed by atoms with van der Waals surface area (Å²) in [4.78, 5) is 30.3. The molecule has 2 amide bonds. The summed E-state index contributed by atoms with van der Waals surface area (Å²) in [6.07, 6.45) is 7.35. The third-order valence-electron chi connectivity index (χ3n) is 8.52. The molecule has 3 aromatic carbocycles. The van der Waals surface area contributed by atoms with E-state index < -0.39 is 17.1 Å². The number of carbonyl (C=O) groups excluding carboxylic acids is 2. The van der Waals surface area contributed by atoms with Gasteiger partial charge in [-0.1, -0.05) is 18.2 Å². The molecule has 2 aliphatic carbocycles. The highest BCUT2D eigenvalue weighted by molar-refractivity contribution is 6.16. The Morgan fingerprint density at radius 1 is 0.881 bits per heavy atom. The summed E-state index contributed by atoms with van der Waals surface area (Å²) >= 11 is 0. The van der Waals surface area contributed by atoms with Crippen molar-refractivity contribution in [3.05, 3.63) is 84.8 Å². The second-order valence-corrected chi connectivity index (χ2v) is 11.6. The van der Waals surface area contributed by atoms with Gasteiger partial charge in [0, 0.05) is 46.7 Å². The van der Waals surface area contributed by atoms with Gasteiger partial charge in [-0.25, -0.2) is 4.39 Å². The van der Waals surface area contributed by atoms with Crippen LogP contribution in [0.15, 0.2) is 79.0 Å². The van der Waals surface area contributed by atoms with E-state index in [0.29, 0.717) is 48.0 Å². The molecule has 214 valence electrons. The first kappa shape index (κ1) is 26.4. The zero-order valence-electron chi connectivity index (χ0n) is 23.0. The number of pyridine rings is 1. The monoisotopic (exact) mass is 566 g/mol. The maximum absolute atomic E-state index is 15.1. The number of anilines is 2. The predicted octanol–water partition coefficient (Wildman–Crippen LogP) is 6.19. The van der Waals surface area contributed by atoms with Crippen LogP contribution in [0.2, 0.25) is 0 Å². The highest BCUT2D eigenvalue weighted by Gasteiger charge is 2.56. The van der Waals surface area contributed by atoms with Crippen molar-refractivity contribution in [3.8, 4) is 17.2 Å². The van der Waals surface area contributed by atoms with Crippen LogP contribution < -0.4 is 25.4 Å². The Kier molecular flexibility index (Phi) is 6.54. The van der Waals surface area contributed by atoms with Crippen LogP contribution >= 0.6 is 0 Å². The van der Waals surface area contributed by atoms with Gasteiger partial charge in [-0.2, -0.15) is 0 Å². The third-order valence-corrected chi connectivity index (χ3v) is 8.52. The van der Waals surface area contributed by atoms with Gasteiger partial charge in [0.1, 0.15) is 23.5 Å². The van der Waals surface area contributed by atoms with Gasteiger partial charge in [0.2, 0.25) is 11.8 Å². The average molecular weight is 567 g/mol. The van der Waals surface area contributed by atoms with Crippen molar-refractivity contribution >= 4 is 34.1 Å². The summed E-state index contributed by atoms with van der Waals surface area (Å²) in [5.74, 6) is -0.295. The van der Waals surface area contributed by atoms with E-state index in [4.69, 9.17) is 9.47 Å². The summed E-state index contributed by atoms with van der Waals surface area (Å²) in [7, 11) is 0. The van der Waals surface area contributed by atoms with Crippen LogP contribution in [-0.4, -0.2) is 35.0 Å². The minimum atomic E-state index is -1.16. The highest BCUT2D eigenvalue weighted by Crippen LogP contribution is 2.48. The fourth-order valence-electron chi connectivity index (χ4n) is 5.66. The number of hydrogen-bond acceptors (Lipinski definition) is 6. The molecular weight excluding hydrogens is 535 g/mol. The van der Waals surface area contributed by atoms with Crippen LogP contribution in [0, 0.1) is 11.2 Å². The van der Waals surface area contributed by atoms with Crippen molar-refractivity contribution in [2.75, 3.05) is 17.2 Å². The highest BCUT2D eigenvalue weighted by atomic mass is 19.1. The number of nitrogens with zero attached hydrogens (tertiary/aromatic N) is 1. The lowest BCUT2D eigenvalue weighted by molar-refractivity contribution is -0.131. The lowest BCUT2D eigenvalue weighted by Gasteiger charge is -2.16. The summed E-state index contributed by atoms with van der Waals surface area (Å²) in [5.41, 5.74) is 0.759. The van der Waals surface area contributed by atoms with E-state index in [0.717, 1.165) is 17.6 Å². The Morgan fingerprint density at radius 2 is 1.67 bits per heavy atom. The molecule has 0 radical (unpaired) electrons. The number of ether oxygens (including phenoxy) is 2. The molecular formula is C33H31FN4O4. The molecule has 1 atom stereocenters. The van der Waals surface area contributed by atoms with E-state index >= 15 is 4.39 Å². The number of nitrogens with one attached hydrogen (secondary N) is 3. The van der Waals surface area contributed by atoms with Crippen molar-refractivity contribution < 1.29 is 23.5 Å². The fraction of sp³-hybridized carbons (Fsp3) is 0.303. The number of fused-ring (bicyclic) bond motifs is 1. The van der Waals surface area contributed by atoms with Crippen LogP contribution in [0.25, 0.3) is 10.9 Å². The van der Waals surface area contributed by atoms with Crippen molar-refractivity contribution in [2.45, 2.75) is 50.1 Å². The van der Waals surface area contributed by atoms with Gasteiger partial charge in [-0.3, -0.25) is 14.6 Å².